The summed E-state index contributed by atoms with van der Waals surface area (Å²) in [5.41, 5.74) is 3.73. The maximum atomic E-state index is 12.4. The third-order valence-corrected chi connectivity index (χ3v) is 6.21. The number of hydrogen-bond donors (Lipinski definition) is 2. The first-order chi connectivity index (χ1) is 14.1. The molecule has 1 aromatic heterocycles. The Morgan fingerprint density at radius 2 is 1.72 bits per heavy atom. The highest BCUT2D eigenvalue weighted by Crippen LogP contribution is 2.37. The number of aromatic nitrogens is 1. The highest BCUT2D eigenvalue weighted by Gasteiger charge is 2.14. The van der Waals surface area contributed by atoms with Crippen molar-refractivity contribution in [1.29, 1.82) is 0 Å². The zero-order chi connectivity index (χ0) is 20.2. The van der Waals surface area contributed by atoms with E-state index in [0.29, 0.717) is 22.2 Å². The SMILES string of the molecule is O=C(NCCSc1c(-c2ccccc2)[nH]c2ccccc12)c1cc(Cl)ccc1Cl. The van der Waals surface area contributed by atoms with E-state index in [-0.39, 0.29) is 5.91 Å². The summed E-state index contributed by atoms with van der Waals surface area (Å²) < 4.78 is 0. The van der Waals surface area contributed by atoms with E-state index in [1.165, 1.54) is 10.3 Å². The van der Waals surface area contributed by atoms with Gasteiger partial charge in [-0.05, 0) is 29.8 Å². The average molecular weight is 441 g/mol. The number of carbonyl (C=O) groups excluding carboxylic acids is 1. The molecule has 0 bridgehead atoms. The van der Waals surface area contributed by atoms with Crippen molar-refractivity contribution in [2.45, 2.75) is 4.90 Å². The number of hydrogen-bond acceptors (Lipinski definition) is 2. The van der Waals surface area contributed by atoms with E-state index >= 15 is 0 Å². The quantitative estimate of drug-likeness (QED) is 0.260. The molecule has 0 fully saturated rings. The van der Waals surface area contributed by atoms with Crippen LogP contribution in [-0.4, -0.2) is 23.2 Å². The summed E-state index contributed by atoms with van der Waals surface area (Å²) in [4.78, 5) is 17.1. The van der Waals surface area contributed by atoms with Crippen LogP contribution >= 0.6 is 35.0 Å². The van der Waals surface area contributed by atoms with Crippen LogP contribution < -0.4 is 5.32 Å². The van der Waals surface area contributed by atoms with Crippen LogP contribution in [0.2, 0.25) is 10.0 Å². The van der Waals surface area contributed by atoms with E-state index in [1.54, 1.807) is 30.0 Å². The molecule has 6 heteroatoms. The van der Waals surface area contributed by atoms with Crippen molar-refractivity contribution in [2.75, 3.05) is 12.3 Å². The molecule has 2 N–H and O–H groups in total. The van der Waals surface area contributed by atoms with Gasteiger partial charge in [0.15, 0.2) is 0 Å². The van der Waals surface area contributed by atoms with Gasteiger partial charge in [-0.2, -0.15) is 0 Å². The zero-order valence-corrected chi connectivity index (χ0v) is 17.7. The summed E-state index contributed by atoms with van der Waals surface area (Å²) in [6.07, 6.45) is 0. The van der Waals surface area contributed by atoms with Crippen LogP contribution in [0.1, 0.15) is 10.4 Å². The molecule has 29 heavy (non-hydrogen) atoms. The number of rotatable bonds is 6. The van der Waals surface area contributed by atoms with Crippen LogP contribution in [0, 0.1) is 0 Å². The Labute approximate surface area is 183 Å². The molecule has 0 saturated heterocycles. The van der Waals surface area contributed by atoms with Crippen molar-refractivity contribution in [1.82, 2.24) is 10.3 Å². The number of H-pyrrole nitrogens is 1. The lowest BCUT2D eigenvalue weighted by Crippen LogP contribution is -2.26. The number of para-hydroxylation sites is 1. The van der Waals surface area contributed by atoms with E-state index in [1.807, 2.05) is 30.3 Å². The predicted octanol–water partition coefficient (Wildman–Crippen LogP) is 6.66. The molecule has 0 aliphatic heterocycles. The molecule has 146 valence electrons. The number of nitrogens with one attached hydrogen (secondary N) is 2. The lowest BCUT2D eigenvalue weighted by molar-refractivity contribution is 0.0956. The molecule has 0 unspecified atom stereocenters. The van der Waals surface area contributed by atoms with Crippen molar-refractivity contribution in [3.05, 3.63) is 88.4 Å². The monoisotopic (exact) mass is 440 g/mol. The third kappa shape index (κ3) is 4.45. The number of carbonyl (C=O) groups is 1. The molecule has 0 radical (unpaired) electrons. The van der Waals surface area contributed by atoms with Crippen molar-refractivity contribution in [3.8, 4) is 11.3 Å². The maximum Gasteiger partial charge on any atom is 0.252 e. The fraction of sp³-hybridized carbons (Fsp3) is 0.0870. The average Bonchev–Trinajstić information content (AvgIpc) is 3.12. The van der Waals surface area contributed by atoms with Crippen molar-refractivity contribution in [3.63, 3.8) is 0 Å². The van der Waals surface area contributed by atoms with Crippen LogP contribution in [0.3, 0.4) is 0 Å². The van der Waals surface area contributed by atoms with Gasteiger partial charge in [-0.25, -0.2) is 0 Å². The fourth-order valence-corrected chi connectivity index (χ4v) is 4.59. The van der Waals surface area contributed by atoms with Gasteiger partial charge in [0.2, 0.25) is 0 Å². The molecule has 0 aliphatic rings. The Bertz CT molecular complexity index is 1160. The van der Waals surface area contributed by atoms with Gasteiger partial charge in [0, 0.05) is 33.1 Å². The van der Waals surface area contributed by atoms with E-state index in [4.69, 9.17) is 23.2 Å². The van der Waals surface area contributed by atoms with Crippen LogP contribution in [0.25, 0.3) is 22.2 Å². The topological polar surface area (TPSA) is 44.9 Å². The molecule has 4 aromatic rings. The zero-order valence-electron chi connectivity index (χ0n) is 15.4. The smallest absolute Gasteiger partial charge is 0.252 e. The fourth-order valence-electron chi connectivity index (χ4n) is 3.16. The van der Waals surface area contributed by atoms with Crippen molar-refractivity contribution < 1.29 is 4.79 Å². The Hall–Kier alpha value is -2.40. The third-order valence-electron chi connectivity index (χ3n) is 4.53. The second-order valence-electron chi connectivity index (χ2n) is 6.47. The number of halogens is 2. The summed E-state index contributed by atoms with van der Waals surface area (Å²) in [7, 11) is 0. The summed E-state index contributed by atoms with van der Waals surface area (Å²) in [5, 5.41) is 4.98. The van der Waals surface area contributed by atoms with E-state index in [0.717, 1.165) is 22.5 Å². The summed E-state index contributed by atoms with van der Waals surface area (Å²) >= 11 is 13.8. The van der Waals surface area contributed by atoms with Crippen molar-refractivity contribution in [2.24, 2.45) is 0 Å². The molecule has 3 nitrogen and oxygen atoms in total. The molecule has 0 saturated carbocycles. The molecular weight excluding hydrogens is 423 g/mol. The van der Waals surface area contributed by atoms with Gasteiger partial charge in [0.1, 0.15) is 0 Å². The molecule has 1 amide bonds. The van der Waals surface area contributed by atoms with Gasteiger partial charge in [-0.15, -0.1) is 11.8 Å². The number of aromatic amines is 1. The number of amides is 1. The Morgan fingerprint density at radius 1 is 0.966 bits per heavy atom. The number of fused-ring (bicyclic) bond motifs is 1. The van der Waals surface area contributed by atoms with Gasteiger partial charge in [0.05, 0.1) is 16.3 Å². The van der Waals surface area contributed by atoms with E-state index < -0.39 is 0 Å². The number of benzene rings is 3. The second kappa shape index (κ2) is 8.95. The Kier molecular flexibility index (Phi) is 6.14. The molecule has 0 spiro atoms. The first-order valence-electron chi connectivity index (χ1n) is 9.15. The van der Waals surface area contributed by atoms with Gasteiger partial charge in [0.25, 0.3) is 5.91 Å². The van der Waals surface area contributed by atoms with Crippen LogP contribution in [0.4, 0.5) is 0 Å². The molecular formula is C23H18Cl2N2OS. The summed E-state index contributed by atoms with van der Waals surface area (Å²) in [6, 6.07) is 23.4. The van der Waals surface area contributed by atoms with Gasteiger partial charge in [-0.1, -0.05) is 71.7 Å². The Morgan fingerprint density at radius 3 is 2.55 bits per heavy atom. The molecule has 4 rings (SSSR count). The standard InChI is InChI=1S/C23H18Cl2N2OS/c24-16-10-11-19(25)18(14-16)23(28)26-12-13-29-22-17-8-4-5-9-20(17)27-21(22)15-6-2-1-3-7-15/h1-11,14,27H,12-13H2,(H,26,28). The van der Waals surface area contributed by atoms with Crippen LogP contribution in [0.15, 0.2) is 77.7 Å². The first-order valence-corrected chi connectivity index (χ1v) is 10.9. The van der Waals surface area contributed by atoms with Gasteiger partial charge in [-0.3, -0.25) is 4.79 Å². The molecule has 0 atom stereocenters. The first kappa shape index (κ1) is 19.9. The van der Waals surface area contributed by atoms with Gasteiger partial charge < -0.3 is 10.3 Å². The molecule has 3 aromatic carbocycles. The number of thioether (sulfide) groups is 1. The van der Waals surface area contributed by atoms with Crippen LogP contribution in [0.5, 0.6) is 0 Å². The molecule has 0 aliphatic carbocycles. The summed E-state index contributed by atoms with van der Waals surface area (Å²) in [5.74, 6) is 0.506. The Balaban J connectivity index is 1.49. The largest absolute Gasteiger partial charge is 0.354 e. The normalized spacial score (nSPS) is 11.0. The highest BCUT2D eigenvalue weighted by atomic mass is 35.5. The predicted molar refractivity (Wildman–Crippen MR) is 123 cm³/mol. The minimum Gasteiger partial charge on any atom is -0.354 e. The van der Waals surface area contributed by atoms with E-state index in [9.17, 15) is 4.79 Å². The molecule has 1 heterocycles. The lowest BCUT2D eigenvalue weighted by atomic mass is 10.1. The highest BCUT2D eigenvalue weighted by molar-refractivity contribution is 7.99. The maximum absolute atomic E-state index is 12.4. The lowest BCUT2D eigenvalue weighted by Gasteiger charge is -2.08. The minimum absolute atomic E-state index is 0.222. The van der Waals surface area contributed by atoms with E-state index in [2.05, 4.69) is 34.6 Å². The van der Waals surface area contributed by atoms with Crippen LogP contribution in [-0.2, 0) is 0 Å². The van der Waals surface area contributed by atoms with Gasteiger partial charge >= 0.3 is 0 Å². The second-order valence-corrected chi connectivity index (χ2v) is 8.42. The minimum atomic E-state index is -0.222. The van der Waals surface area contributed by atoms with Crippen molar-refractivity contribution >= 4 is 51.8 Å². The summed E-state index contributed by atoms with van der Waals surface area (Å²) in [6.45, 7) is 0.514.